The van der Waals surface area contributed by atoms with Gasteiger partial charge in [0.05, 0.1) is 17.1 Å². The molecule has 0 bridgehead atoms. The minimum absolute atomic E-state index is 0.0448. The van der Waals surface area contributed by atoms with Crippen molar-refractivity contribution < 1.29 is 13.2 Å². The van der Waals surface area contributed by atoms with E-state index in [-0.39, 0.29) is 30.0 Å². The number of amides is 1. The zero-order valence-electron chi connectivity index (χ0n) is 9.97. The summed E-state index contributed by atoms with van der Waals surface area (Å²) >= 11 is 3.34. The maximum absolute atomic E-state index is 12.3. The van der Waals surface area contributed by atoms with Crippen molar-refractivity contribution >= 4 is 31.7 Å². The lowest BCUT2D eigenvalue weighted by Gasteiger charge is -2.33. The van der Waals surface area contributed by atoms with Crippen molar-refractivity contribution in [1.29, 1.82) is 0 Å². The molecule has 18 heavy (non-hydrogen) atoms. The maximum atomic E-state index is 12.3. The van der Waals surface area contributed by atoms with Crippen LogP contribution in [-0.4, -0.2) is 43.3 Å². The molecule has 1 aromatic rings. The van der Waals surface area contributed by atoms with Crippen molar-refractivity contribution in [3.8, 4) is 0 Å². The molecule has 2 rings (SSSR count). The molecule has 1 aliphatic heterocycles. The lowest BCUT2D eigenvalue weighted by molar-refractivity contribution is 0.0711. The minimum atomic E-state index is -3.00. The predicted octanol–water partition coefficient (Wildman–Crippen LogP) is 1.71. The first-order chi connectivity index (χ1) is 8.41. The third-order valence-electron chi connectivity index (χ3n) is 3.04. The Hall–Kier alpha value is -0.880. The number of halogens is 1. The molecule has 1 fully saturated rings. The molecular weight excluding hydrogens is 318 g/mol. The molecule has 0 radical (unpaired) electrons. The Labute approximate surface area is 115 Å². The van der Waals surface area contributed by atoms with Gasteiger partial charge in [-0.3, -0.25) is 4.79 Å². The highest BCUT2D eigenvalue weighted by atomic mass is 79.9. The molecule has 1 heterocycles. The van der Waals surface area contributed by atoms with Crippen LogP contribution in [0.15, 0.2) is 28.7 Å². The molecule has 4 nitrogen and oxygen atoms in total. The van der Waals surface area contributed by atoms with Crippen LogP contribution in [0.3, 0.4) is 0 Å². The third kappa shape index (κ3) is 2.75. The SMILES string of the molecule is CC1CS(=O)(=O)CCN1C(=O)c1ccccc1Br. The quantitative estimate of drug-likeness (QED) is 0.787. The minimum Gasteiger partial charge on any atom is -0.334 e. The lowest BCUT2D eigenvalue weighted by Crippen LogP contribution is -2.49. The first-order valence-corrected chi connectivity index (χ1v) is 8.28. The van der Waals surface area contributed by atoms with Crippen molar-refractivity contribution in [1.82, 2.24) is 4.90 Å². The van der Waals surface area contributed by atoms with E-state index >= 15 is 0 Å². The number of rotatable bonds is 1. The van der Waals surface area contributed by atoms with E-state index < -0.39 is 9.84 Å². The summed E-state index contributed by atoms with van der Waals surface area (Å²) in [6.07, 6.45) is 0. The second kappa shape index (κ2) is 5.01. The summed E-state index contributed by atoms with van der Waals surface area (Å²) in [5, 5.41) is 0. The van der Waals surface area contributed by atoms with Gasteiger partial charge < -0.3 is 4.90 Å². The molecule has 0 N–H and O–H groups in total. The molecule has 1 saturated heterocycles. The molecule has 1 atom stereocenters. The van der Waals surface area contributed by atoms with Crippen molar-refractivity contribution in [3.05, 3.63) is 34.3 Å². The Morgan fingerprint density at radius 3 is 2.67 bits per heavy atom. The Morgan fingerprint density at radius 1 is 1.39 bits per heavy atom. The second-order valence-corrected chi connectivity index (χ2v) is 7.52. The lowest BCUT2D eigenvalue weighted by atomic mass is 10.1. The molecule has 0 aliphatic carbocycles. The highest BCUT2D eigenvalue weighted by molar-refractivity contribution is 9.10. The Bertz CT molecular complexity index is 570. The average molecular weight is 332 g/mol. The standard InChI is InChI=1S/C12H14BrNO3S/c1-9-8-18(16,17)7-6-14(9)12(15)10-4-2-3-5-11(10)13/h2-5,9H,6-8H2,1H3. The Morgan fingerprint density at radius 2 is 2.06 bits per heavy atom. The van der Waals surface area contributed by atoms with Gasteiger partial charge in [0.15, 0.2) is 9.84 Å². The second-order valence-electron chi connectivity index (χ2n) is 4.44. The molecule has 1 unspecified atom stereocenters. The fourth-order valence-electron chi connectivity index (χ4n) is 2.09. The zero-order chi connectivity index (χ0) is 13.3. The van der Waals surface area contributed by atoms with E-state index in [1.54, 1.807) is 30.0 Å². The molecule has 1 aliphatic rings. The molecule has 6 heteroatoms. The van der Waals surface area contributed by atoms with E-state index in [0.29, 0.717) is 5.56 Å². The van der Waals surface area contributed by atoms with Crippen LogP contribution in [0.5, 0.6) is 0 Å². The first-order valence-electron chi connectivity index (χ1n) is 5.66. The molecule has 1 aromatic carbocycles. The van der Waals surface area contributed by atoms with E-state index in [2.05, 4.69) is 15.9 Å². The van der Waals surface area contributed by atoms with Gasteiger partial charge >= 0.3 is 0 Å². The fourth-order valence-corrected chi connectivity index (χ4v) is 4.10. The number of hydrogen-bond acceptors (Lipinski definition) is 3. The molecule has 1 amide bonds. The van der Waals surface area contributed by atoms with Gasteiger partial charge in [-0.25, -0.2) is 8.42 Å². The fraction of sp³-hybridized carbons (Fsp3) is 0.417. The van der Waals surface area contributed by atoms with Gasteiger partial charge in [0.1, 0.15) is 0 Å². The van der Waals surface area contributed by atoms with E-state index in [1.807, 2.05) is 6.07 Å². The summed E-state index contributed by atoms with van der Waals surface area (Å²) in [6.45, 7) is 2.04. The van der Waals surface area contributed by atoms with E-state index in [1.165, 1.54) is 0 Å². The number of carbonyl (C=O) groups excluding carboxylic acids is 1. The molecule has 0 spiro atoms. The number of benzene rings is 1. The highest BCUT2D eigenvalue weighted by Gasteiger charge is 2.32. The Kier molecular flexibility index (Phi) is 3.77. The average Bonchev–Trinajstić information content (AvgIpc) is 2.27. The van der Waals surface area contributed by atoms with Crippen LogP contribution in [0.1, 0.15) is 17.3 Å². The summed E-state index contributed by atoms with van der Waals surface area (Å²) in [6, 6.07) is 6.90. The van der Waals surface area contributed by atoms with Gasteiger partial charge in [-0.1, -0.05) is 12.1 Å². The van der Waals surface area contributed by atoms with Crippen molar-refractivity contribution in [2.75, 3.05) is 18.1 Å². The van der Waals surface area contributed by atoms with Crippen LogP contribution in [0.2, 0.25) is 0 Å². The molecule has 0 aromatic heterocycles. The van der Waals surface area contributed by atoms with Gasteiger partial charge in [0, 0.05) is 17.1 Å². The smallest absolute Gasteiger partial charge is 0.255 e. The van der Waals surface area contributed by atoms with Gasteiger partial charge in [-0.15, -0.1) is 0 Å². The number of hydrogen-bond donors (Lipinski definition) is 0. The summed E-state index contributed by atoms with van der Waals surface area (Å²) in [5.41, 5.74) is 0.573. The van der Waals surface area contributed by atoms with Crippen molar-refractivity contribution in [3.63, 3.8) is 0 Å². The number of nitrogens with zero attached hydrogens (tertiary/aromatic N) is 1. The topological polar surface area (TPSA) is 54.5 Å². The van der Waals surface area contributed by atoms with Crippen molar-refractivity contribution in [2.45, 2.75) is 13.0 Å². The largest absolute Gasteiger partial charge is 0.334 e. The van der Waals surface area contributed by atoms with Crippen LogP contribution in [0.4, 0.5) is 0 Å². The number of carbonyl (C=O) groups is 1. The van der Waals surface area contributed by atoms with Crippen LogP contribution >= 0.6 is 15.9 Å². The maximum Gasteiger partial charge on any atom is 0.255 e. The van der Waals surface area contributed by atoms with Gasteiger partial charge in [-0.05, 0) is 35.0 Å². The summed E-state index contributed by atoms with van der Waals surface area (Å²) < 4.78 is 23.7. The highest BCUT2D eigenvalue weighted by Crippen LogP contribution is 2.21. The van der Waals surface area contributed by atoms with Crippen molar-refractivity contribution in [2.24, 2.45) is 0 Å². The number of sulfone groups is 1. The van der Waals surface area contributed by atoms with E-state index in [0.717, 1.165) is 4.47 Å². The third-order valence-corrected chi connectivity index (χ3v) is 5.52. The van der Waals surface area contributed by atoms with E-state index in [4.69, 9.17) is 0 Å². The van der Waals surface area contributed by atoms with Crippen LogP contribution < -0.4 is 0 Å². The zero-order valence-corrected chi connectivity index (χ0v) is 12.4. The summed E-state index contributed by atoms with van der Waals surface area (Å²) in [5.74, 6) is -0.0265. The normalized spacial score (nSPS) is 22.8. The van der Waals surface area contributed by atoms with Crippen LogP contribution in [-0.2, 0) is 9.84 Å². The first kappa shape index (κ1) is 13.5. The van der Waals surface area contributed by atoms with Crippen LogP contribution in [0.25, 0.3) is 0 Å². The van der Waals surface area contributed by atoms with Gasteiger partial charge in [0.25, 0.3) is 5.91 Å². The van der Waals surface area contributed by atoms with E-state index in [9.17, 15) is 13.2 Å². The summed E-state index contributed by atoms with van der Waals surface area (Å²) in [7, 11) is -3.00. The molecular formula is C12H14BrNO3S. The van der Waals surface area contributed by atoms with Crippen LogP contribution in [0, 0.1) is 0 Å². The summed E-state index contributed by atoms with van der Waals surface area (Å²) in [4.78, 5) is 14.0. The van der Waals surface area contributed by atoms with Gasteiger partial charge in [-0.2, -0.15) is 0 Å². The van der Waals surface area contributed by atoms with Gasteiger partial charge in [0.2, 0.25) is 0 Å². The molecule has 98 valence electrons. The predicted molar refractivity (Wildman–Crippen MR) is 73.3 cm³/mol. The Balaban J connectivity index is 2.23. The molecule has 0 saturated carbocycles. The monoisotopic (exact) mass is 331 g/mol.